The van der Waals surface area contributed by atoms with Crippen LogP contribution in [0.1, 0.15) is 0 Å². The Morgan fingerprint density at radius 3 is 2.72 bits per heavy atom. The third-order valence-corrected chi connectivity index (χ3v) is 3.00. The van der Waals surface area contributed by atoms with Crippen LogP contribution in [0.4, 0.5) is 10.2 Å². The van der Waals surface area contributed by atoms with E-state index in [1.807, 2.05) is 0 Å². The molecule has 2 rings (SSSR count). The Balaban J connectivity index is 2.25. The van der Waals surface area contributed by atoms with Crippen molar-refractivity contribution in [3.05, 3.63) is 40.6 Å². The van der Waals surface area contributed by atoms with Crippen molar-refractivity contribution in [3.63, 3.8) is 0 Å². The van der Waals surface area contributed by atoms with Crippen molar-refractivity contribution in [2.75, 3.05) is 17.6 Å². The standard InChI is InChI=1S/C12H11BrFN3S/c13-8-1-2-10(14)9(7-8)11-3-4-12(17-16-11)15-5-6-18/h1-4,7,18H,5-6H2,(H,15,17). The molecule has 0 bridgehead atoms. The van der Waals surface area contributed by atoms with E-state index in [1.54, 1.807) is 24.3 Å². The second kappa shape index (κ2) is 6.15. The van der Waals surface area contributed by atoms with Crippen LogP contribution in [-0.4, -0.2) is 22.5 Å². The Morgan fingerprint density at radius 1 is 1.22 bits per heavy atom. The molecule has 0 radical (unpaired) electrons. The minimum Gasteiger partial charge on any atom is -0.368 e. The quantitative estimate of drug-likeness (QED) is 0.845. The lowest BCUT2D eigenvalue weighted by Gasteiger charge is -2.05. The van der Waals surface area contributed by atoms with Crippen LogP contribution in [-0.2, 0) is 0 Å². The number of hydrogen-bond donors (Lipinski definition) is 2. The molecule has 0 saturated carbocycles. The monoisotopic (exact) mass is 327 g/mol. The minimum atomic E-state index is -0.316. The zero-order valence-electron chi connectivity index (χ0n) is 9.40. The van der Waals surface area contributed by atoms with Gasteiger partial charge in [0, 0.05) is 22.3 Å². The summed E-state index contributed by atoms with van der Waals surface area (Å²) in [4.78, 5) is 0. The van der Waals surface area contributed by atoms with Gasteiger partial charge in [0.15, 0.2) is 0 Å². The maximum atomic E-state index is 13.6. The molecule has 0 saturated heterocycles. The zero-order chi connectivity index (χ0) is 13.0. The maximum Gasteiger partial charge on any atom is 0.148 e. The van der Waals surface area contributed by atoms with Crippen molar-refractivity contribution in [2.45, 2.75) is 0 Å². The molecule has 2 aromatic rings. The second-order valence-electron chi connectivity index (χ2n) is 3.58. The van der Waals surface area contributed by atoms with E-state index in [0.717, 1.165) is 4.47 Å². The Morgan fingerprint density at radius 2 is 2.06 bits per heavy atom. The van der Waals surface area contributed by atoms with Crippen molar-refractivity contribution in [1.82, 2.24) is 10.2 Å². The van der Waals surface area contributed by atoms with Gasteiger partial charge in [-0.05, 0) is 30.3 Å². The molecule has 0 aliphatic rings. The molecule has 0 aliphatic carbocycles. The van der Waals surface area contributed by atoms with Crippen LogP contribution in [0.25, 0.3) is 11.3 Å². The molecule has 3 nitrogen and oxygen atoms in total. The SMILES string of the molecule is Fc1ccc(Br)cc1-c1ccc(NCCS)nn1. The van der Waals surface area contributed by atoms with E-state index < -0.39 is 0 Å². The van der Waals surface area contributed by atoms with Crippen LogP contribution in [0.5, 0.6) is 0 Å². The lowest BCUT2D eigenvalue weighted by molar-refractivity contribution is 0.630. The summed E-state index contributed by atoms with van der Waals surface area (Å²) in [6.07, 6.45) is 0. The minimum absolute atomic E-state index is 0.316. The summed E-state index contributed by atoms with van der Waals surface area (Å²) in [6.45, 7) is 0.711. The third-order valence-electron chi connectivity index (χ3n) is 2.29. The molecular formula is C12H11BrFN3S. The van der Waals surface area contributed by atoms with Crippen LogP contribution in [0.3, 0.4) is 0 Å². The molecule has 18 heavy (non-hydrogen) atoms. The molecule has 1 heterocycles. The fourth-order valence-corrected chi connectivity index (χ4v) is 1.92. The lowest BCUT2D eigenvalue weighted by atomic mass is 10.1. The highest BCUT2D eigenvalue weighted by Crippen LogP contribution is 2.24. The number of hydrogen-bond acceptors (Lipinski definition) is 4. The predicted molar refractivity (Wildman–Crippen MR) is 77.5 cm³/mol. The number of anilines is 1. The van der Waals surface area contributed by atoms with Gasteiger partial charge in [-0.2, -0.15) is 12.6 Å². The van der Waals surface area contributed by atoms with Gasteiger partial charge in [-0.15, -0.1) is 10.2 Å². The Hall–Kier alpha value is -1.14. The smallest absolute Gasteiger partial charge is 0.148 e. The highest BCUT2D eigenvalue weighted by Gasteiger charge is 2.07. The molecular weight excluding hydrogens is 317 g/mol. The average molecular weight is 328 g/mol. The summed E-state index contributed by atoms with van der Waals surface area (Å²) in [7, 11) is 0. The first-order chi connectivity index (χ1) is 8.70. The number of aromatic nitrogens is 2. The summed E-state index contributed by atoms with van der Waals surface area (Å²) in [6, 6.07) is 8.23. The van der Waals surface area contributed by atoms with Gasteiger partial charge in [-0.3, -0.25) is 0 Å². The number of nitrogens with zero attached hydrogens (tertiary/aromatic N) is 2. The molecule has 94 valence electrons. The van der Waals surface area contributed by atoms with Crippen LogP contribution in [0.2, 0.25) is 0 Å². The topological polar surface area (TPSA) is 37.8 Å². The number of thiol groups is 1. The fraction of sp³-hybridized carbons (Fsp3) is 0.167. The van der Waals surface area contributed by atoms with E-state index in [-0.39, 0.29) is 5.82 Å². The largest absolute Gasteiger partial charge is 0.368 e. The summed E-state index contributed by atoms with van der Waals surface area (Å²) in [5.74, 6) is 1.05. The van der Waals surface area contributed by atoms with Gasteiger partial charge >= 0.3 is 0 Å². The van der Waals surface area contributed by atoms with Crippen LogP contribution in [0.15, 0.2) is 34.8 Å². The van der Waals surface area contributed by atoms with Gasteiger partial charge in [-0.25, -0.2) is 4.39 Å². The molecule has 6 heteroatoms. The van der Waals surface area contributed by atoms with E-state index in [4.69, 9.17) is 0 Å². The normalized spacial score (nSPS) is 10.4. The van der Waals surface area contributed by atoms with E-state index >= 15 is 0 Å². The maximum absolute atomic E-state index is 13.6. The molecule has 0 amide bonds. The number of rotatable bonds is 4. The third kappa shape index (κ3) is 3.20. The Kier molecular flexibility index (Phi) is 4.54. The van der Waals surface area contributed by atoms with Gasteiger partial charge in [0.1, 0.15) is 11.6 Å². The lowest BCUT2D eigenvalue weighted by Crippen LogP contribution is -2.05. The zero-order valence-corrected chi connectivity index (χ0v) is 11.9. The summed E-state index contributed by atoms with van der Waals surface area (Å²) >= 11 is 7.39. The van der Waals surface area contributed by atoms with Gasteiger partial charge in [0.05, 0.1) is 5.69 Å². The first-order valence-corrected chi connectivity index (χ1v) is 6.77. The Labute approximate surface area is 118 Å². The van der Waals surface area contributed by atoms with Gasteiger partial charge in [-0.1, -0.05) is 15.9 Å². The van der Waals surface area contributed by atoms with Gasteiger partial charge in [0.25, 0.3) is 0 Å². The Bertz CT molecular complexity index is 533. The molecule has 1 aromatic carbocycles. The average Bonchev–Trinajstić information content (AvgIpc) is 2.40. The van der Waals surface area contributed by atoms with Crippen molar-refractivity contribution < 1.29 is 4.39 Å². The van der Waals surface area contributed by atoms with Crippen LogP contribution >= 0.6 is 28.6 Å². The first kappa shape index (κ1) is 13.3. The summed E-state index contributed by atoms with van der Waals surface area (Å²) in [5.41, 5.74) is 0.933. The molecule has 0 fully saturated rings. The highest BCUT2D eigenvalue weighted by molar-refractivity contribution is 9.10. The highest BCUT2D eigenvalue weighted by atomic mass is 79.9. The fourth-order valence-electron chi connectivity index (χ4n) is 1.45. The van der Waals surface area contributed by atoms with E-state index in [0.29, 0.717) is 29.4 Å². The molecule has 0 unspecified atom stereocenters. The number of halogens is 2. The van der Waals surface area contributed by atoms with E-state index in [1.165, 1.54) is 6.07 Å². The first-order valence-electron chi connectivity index (χ1n) is 5.34. The van der Waals surface area contributed by atoms with Crippen molar-refractivity contribution >= 4 is 34.4 Å². The summed E-state index contributed by atoms with van der Waals surface area (Å²) < 4.78 is 14.4. The van der Waals surface area contributed by atoms with Crippen LogP contribution < -0.4 is 5.32 Å². The second-order valence-corrected chi connectivity index (χ2v) is 4.94. The summed E-state index contributed by atoms with van der Waals surface area (Å²) in [5, 5.41) is 11.0. The van der Waals surface area contributed by atoms with Gasteiger partial charge < -0.3 is 5.32 Å². The van der Waals surface area contributed by atoms with E-state index in [9.17, 15) is 4.39 Å². The predicted octanol–water partition coefficient (Wildman–Crippen LogP) is 3.39. The number of nitrogens with one attached hydrogen (secondary N) is 1. The number of benzene rings is 1. The molecule has 0 spiro atoms. The molecule has 1 N–H and O–H groups in total. The van der Waals surface area contributed by atoms with Crippen molar-refractivity contribution in [1.29, 1.82) is 0 Å². The van der Waals surface area contributed by atoms with Crippen molar-refractivity contribution in [3.8, 4) is 11.3 Å². The van der Waals surface area contributed by atoms with E-state index in [2.05, 4.69) is 44.1 Å². The van der Waals surface area contributed by atoms with Crippen molar-refractivity contribution in [2.24, 2.45) is 0 Å². The molecule has 1 aromatic heterocycles. The van der Waals surface area contributed by atoms with Gasteiger partial charge in [0.2, 0.25) is 0 Å². The van der Waals surface area contributed by atoms with Crippen LogP contribution in [0, 0.1) is 5.82 Å². The molecule has 0 atom stereocenters. The molecule has 0 aliphatic heterocycles.